The van der Waals surface area contributed by atoms with Crippen LogP contribution in [0, 0.1) is 17.8 Å². The van der Waals surface area contributed by atoms with Crippen molar-refractivity contribution in [3.05, 3.63) is 20.9 Å². The van der Waals surface area contributed by atoms with Gasteiger partial charge in [-0.1, -0.05) is 0 Å². The van der Waals surface area contributed by atoms with Crippen LogP contribution in [-0.4, -0.2) is 30.0 Å². The van der Waals surface area contributed by atoms with Crippen molar-refractivity contribution in [1.29, 1.82) is 0 Å². The molecule has 2 fully saturated rings. The lowest BCUT2D eigenvalue weighted by Crippen LogP contribution is -2.32. The van der Waals surface area contributed by atoms with Crippen LogP contribution in [0.3, 0.4) is 0 Å². The molecule has 0 aromatic carbocycles. The first kappa shape index (κ1) is 13.4. The van der Waals surface area contributed by atoms with Crippen LogP contribution >= 0.6 is 11.3 Å². The van der Waals surface area contributed by atoms with E-state index >= 15 is 0 Å². The van der Waals surface area contributed by atoms with E-state index in [0.29, 0.717) is 10.7 Å². The molecule has 5 nitrogen and oxygen atoms in total. The third kappa shape index (κ3) is 1.48. The number of hydrogen-bond acceptors (Lipinski definition) is 5. The highest BCUT2D eigenvalue weighted by Crippen LogP contribution is 2.70. The molecule has 21 heavy (non-hydrogen) atoms. The Labute approximate surface area is 126 Å². The van der Waals surface area contributed by atoms with Gasteiger partial charge in [0.25, 0.3) is 5.91 Å². The summed E-state index contributed by atoms with van der Waals surface area (Å²) in [6, 6.07) is 0. The Kier molecular flexibility index (Phi) is 2.65. The van der Waals surface area contributed by atoms with Crippen LogP contribution in [-0.2, 0) is 17.6 Å². The van der Waals surface area contributed by atoms with Gasteiger partial charge in [0, 0.05) is 10.3 Å². The molecule has 1 atom stereocenters. The largest absolute Gasteiger partial charge is 0.317 e. The number of thiophene rings is 1. The molecule has 4 rings (SSSR count). The summed E-state index contributed by atoms with van der Waals surface area (Å²) in [7, 11) is 0. The number of amides is 1. The fourth-order valence-corrected chi connectivity index (χ4v) is 5.87. The summed E-state index contributed by atoms with van der Waals surface area (Å²) in [5.41, 5.74) is 3.52. The van der Waals surface area contributed by atoms with Crippen LogP contribution in [0.2, 0.25) is 0 Å². The molecule has 0 bridgehead atoms. The number of fused-ring (bicyclic) bond motifs is 2. The number of nitrogens with one attached hydrogen (secondary N) is 2. The van der Waals surface area contributed by atoms with Crippen LogP contribution in [0.1, 0.15) is 38.5 Å². The molecule has 1 saturated carbocycles. The van der Waals surface area contributed by atoms with Crippen LogP contribution in [0.5, 0.6) is 0 Å². The van der Waals surface area contributed by atoms with Gasteiger partial charge in [0.15, 0.2) is 0 Å². The predicted octanol–water partition coefficient (Wildman–Crippen LogP) is 1.21. The van der Waals surface area contributed by atoms with Gasteiger partial charge in [0.05, 0.1) is 10.3 Å². The number of rotatable bonds is 1. The highest BCUT2D eigenvalue weighted by Gasteiger charge is 2.77. The minimum atomic E-state index is -0.445. The van der Waals surface area contributed by atoms with Crippen LogP contribution < -0.4 is 10.8 Å². The fourth-order valence-electron chi connectivity index (χ4n) is 4.54. The number of hydroxylamine groups is 1. The minimum absolute atomic E-state index is 0.108. The number of piperidine rings is 1. The lowest BCUT2D eigenvalue weighted by molar-refractivity contribution is -0.114. The zero-order chi connectivity index (χ0) is 14.8. The number of ketones is 1. The monoisotopic (exact) mass is 306 g/mol. The first-order valence-corrected chi connectivity index (χ1v) is 8.19. The highest BCUT2D eigenvalue weighted by molar-refractivity contribution is 7.14. The third-order valence-corrected chi connectivity index (χ3v) is 7.12. The van der Waals surface area contributed by atoms with Gasteiger partial charge in [-0.2, -0.15) is 0 Å². The van der Waals surface area contributed by atoms with Crippen LogP contribution in [0.15, 0.2) is 0 Å². The van der Waals surface area contributed by atoms with Gasteiger partial charge in [-0.05, 0) is 56.8 Å². The third-order valence-electron chi connectivity index (χ3n) is 5.78. The molecule has 1 unspecified atom stereocenters. The van der Waals surface area contributed by atoms with Gasteiger partial charge >= 0.3 is 0 Å². The van der Waals surface area contributed by atoms with E-state index in [1.807, 2.05) is 6.92 Å². The van der Waals surface area contributed by atoms with E-state index < -0.39 is 5.91 Å². The average molecular weight is 306 g/mol. The van der Waals surface area contributed by atoms with Crippen LogP contribution in [0.25, 0.3) is 0 Å². The summed E-state index contributed by atoms with van der Waals surface area (Å²) in [6.45, 7) is 3.78. The van der Waals surface area contributed by atoms with Gasteiger partial charge in [-0.15, -0.1) is 11.3 Å². The number of hydrogen-bond donors (Lipinski definition) is 3. The zero-order valence-corrected chi connectivity index (χ0v) is 12.7. The van der Waals surface area contributed by atoms with E-state index in [-0.39, 0.29) is 10.8 Å². The van der Waals surface area contributed by atoms with Gasteiger partial charge in [0.2, 0.25) is 0 Å². The topological polar surface area (TPSA) is 78.4 Å². The molecular weight excluding hydrogens is 288 g/mol. The van der Waals surface area contributed by atoms with E-state index in [0.717, 1.165) is 49.2 Å². The Balaban J connectivity index is 1.67. The van der Waals surface area contributed by atoms with Gasteiger partial charge in [-0.3, -0.25) is 14.8 Å². The van der Waals surface area contributed by atoms with Crippen molar-refractivity contribution >= 4 is 23.0 Å². The molecule has 112 valence electrons. The molecule has 1 amide bonds. The minimum Gasteiger partial charge on any atom is -0.317 e. The Bertz CT molecular complexity index is 660. The molecule has 1 aliphatic heterocycles. The molecule has 6 heteroatoms. The van der Waals surface area contributed by atoms with Crippen molar-refractivity contribution in [3.8, 4) is 0 Å². The van der Waals surface area contributed by atoms with Crippen molar-refractivity contribution in [2.75, 3.05) is 13.1 Å². The van der Waals surface area contributed by atoms with Crippen molar-refractivity contribution < 1.29 is 14.8 Å². The van der Waals surface area contributed by atoms with Crippen molar-refractivity contribution in [2.45, 2.75) is 32.6 Å². The summed E-state index contributed by atoms with van der Waals surface area (Å²) in [6.07, 6.45) is 3.46. The molecule has 3 N–H and O–H groups in total. The van der Waals surface area contributed by atoms with E-state index in [1.54, 1.807) is 5.48 Å². The Morgan fingerprint density at radius 2 is 2.00 bits per heavy atom. The molecular formula is C15H18N2O3S. The lowest BCUT2D eigenvalue weighted by Gasteiger charge is -2.24. The van der Waals surface area contributed by atoms with Gasteiger partial charge in [0.1, 0.15) is 5.78 Å². The van der Waals surface area contributed by atoms with E-state index in [4.69, 9.17) is 5.21 Å². The first-order chi connectivity index (χ1) is 10.1. The Hall–Kier alpha value is -1.24. The van der Waals surface area contributed by atoms with E-state index in [1.165, 1.54) is 16.9 Å². The number of carbonyl (C=O) groups is 2. The molecule has 0 radical (unpaired) electrons. The number of carbonyl (C=O) groups excluding carboxylic acids is 2. The molecule has 1 aromatic heterocycles. The van der Waals surface area contributed by atoms with Gasteiger partial charge < -0.3 is 5.32 Å². The summed E-state index contributed by atoms with van der Waals surface area (Å²) < 4.78 is 0. The maximum Gasteiger partial charge on any atom is 0.284 e. The maximum atomic E-state index is 12.6. The van der Waals surface area contributed by atoms with Crippen molar-refractivity contribution in [2.24, 2.45) is 10.8 Å². The lowest BCUT2D eigenvalue weighted by atomic mass is 9.83. The molecule has 3 aliphatic rings. The van der Waals surface area contributed by atoms with Crippen molar-refractivity contribution in [3.63, 3.8) is 0 Å². The smallest absolute Gasteiger partial charge is 0.284 e. The quantitative estimate of drug-likeness (QED) is 0.538. The summed E-state index contributed by atoms with van der Waals surface area (Å²) in [4.78, 5) is 26.0. The average Bonchev–Trinajstić information content (AvgIpc) is 2.86. The first-order valence-electron chi connectivity index (χ1n) is 7.37. The Morgan fingerprint density at radius 1 is 1.29 bits per heavy atom. The normalized spacial score (nSPS) is 29.0. The Morgan fingerprint density at radius 3 is 2.62 bits per heavy atom. The van der Waals surface area contributed by atoms with E-state index in [9.17, 15) is 9.59 Å². The summed E-state index contributed by atoms with van der Waals surface area (Å²) >= 11 is 1.43. The van der Waals surface area contributed by atoms with Gasteiger partial charge in [-0.25, -0.2) is 5.48 Å². The molecule has 1 aromatic rings. The fraction of sp³-hybridized carbons (Fsp3) is 0.600. The predicted molar refractivity (Wildman–Crippen MR) is 77.7 cm³/mol. The van der Waals surface area contributed by atoms with Crippen molar-refractivity contribution in [1.82, 2.24) is 10.8 Å². The van der Waals surface area contributed by atoms with E-state index in [2.05, 4.69) is 5.32 Å². The molecule has 2 spiro atoms. The number of Topliss-reactive ketones (excluding diaryl/α,β-unsaturated/α-hetero) is 1. The molecule has 2 aliphatic carbocycles. The standard InChI is InChI=1S/C15H18N2O3S/c1-8-9-6-15(7-10(9)21-11(8)12(18)17-20)13(19)14(15)2-4-16-5-3-14/h16,20H,2-7H2,1H3,(H,17,18). The second-order valence-electron chi connectivity index (χ2n) is 6.50. The molecule has 1 saturated heterocycles. The summed E-state index contributed by atoms with van der Waals surface area (Å²) in [5, 5.41) is 12.1. The SMILES string of the molecule is Cc1c(C(=O)NO)sc2c1CC1(C2)C(=O)C12CCNCC2. The second-order valence-corrected chi connectivity index (χ2v) is 7.60. The zero-order valence-electron chi connectivity index (χ0n) is 11.9. The second kappa shape index (κ2) is 4.15. The highest BCUT2D eigenvalue weighted by atomic mass is 32.1. The van der Waals surface area contributed by atoms with Crippen LogP contribution in [0.4, 0.5) is 0 Å². The maximum absolute atomic E-state index is 12.6. The summed E-state index contributed by atoms with van der Waals surface area (Å²) in [5.74, 6) is -0.00730. The molecule has 2 heterocycles.